The van der Waals surface area contributed by atoms with Crippen molar-refractivity contribution in [3.63, 3.8) is 0 Å². The molecular formula is C13H22N2O2S. The molecule has 0 spiro atoms. The van der Waals surface area contributed by atoms with E-state index in [0.29, 0.717) is 0 Å². The first-order chi connectivity index (χ1) is 8.36. The van der Waals surface area contributed by atoms with Crippen LogP contribution in [0.25, 0.3) is 0 Å². The second-order valence-electron chi connectivity index (χ2n) is 4.66. The number of hydrogen-bond donors (Lipinski definition) is 1. The van der Waals surface area contributed by atoms with Gasteiger partial charge in [-0.2, -0.15) is 0 Å². The van der Waals surface area contributed by atoms with Crippen LogP contribution in [0.2, 0.25) is 0 Å². The van der Waals surface area contributed by atoms with Crippen LogP contribution in [0, 0.1) is 0 Å². The van der Waals surface area contributed by atoms with Crippen LogP contribution in [0.15, 0.2) is 24.3 Å². The van der Waals surface area contributed by atoms with E-state index in [1.54, 1.807) is 0 Å². The number of sulfonamides is 1. The van der Waals surface area contributed by atoms with E-state index in [9.17, 15) is 8.42 Å². The van der Waals surface area contributed by atoms with Crippen molar-refractivity contribution in [2.45, 2.75) is 25.8 Å². The lowest BCUT2D eigenvalue weighted by Gasteiger charge is -2.16. The number of benzene rings is 1. The maximum absolute atomic E-state index is 11.7. The van der Waals surface area contributed by atoms with Gasteiger partial charge in [-0.1, -0.05) is 37.6 Å². The molecule has 0 saturated carbocycles. The van der Waals surface area contributed by atoms with Crippen molar-refractivity contribution >= 4 is 10.0 Å². The fraction of sp³-hybridized carbons (Fsp3) is 0.538. The third-order valence-corrected chi connectivity index (χ3v) is 4.79. The Morgan fingerprint density at radius 2 is 1.78 bits per heavy atom. The monoisotopic (exact) mass is 270 g/mol. The molecule has 1 unspecified atom stereocenters. The molecule has 0 fully saturated rings. The fourth-order valence-corrected chi connectivity index (χ4v) is 2.64. The maximum Gasteiger partial charge on any atom is 0.215 e. The lowest BCUT2D eigenvalue weighted by Crippen LogP contribution is -2.31. The quantitative estimate of drug-likeness (QED) is 0.852. The highest BCUT2D eigenvalue weighted by Crippen LogP contribution is 2.15. The highest BCUT2D eigenvalue weighted by molar-refractivity contribution is 7.89. The standard InChI is InChI=1S/C13H22N2O2S/c1-4-5-11-6-8-12(9-7-11)13(14)10-18(16,17)15(2)3/h6-9,13H,4-5,10,14H2,1-3H3. The van der Waals surface area contributed by atoms with E-state index in [1.165, 1.54) is 24.0 Å². The number of nitrogens with two attached hydrogens (primary N) is 1. The number of hydrogen-bond acceptors (Lipinski definition) is 3. The zero-order valence-electron chi connectivity index (χ0n) is 11.3. The molecule has 0 aromatic heterocycles. The van der Waals surface area contributed by atoms with Gasteiger partial charge in [0.15, 0.2) is 0 Å². The van der Waals surface area contributed by atoms with E-state index in [2.05, 4.69) is 6.92 Å². The molecule has 0 saturated heterocycles. The van der Waals surface area contributed by atoms with E-state index < -0.39 is 16.1 Å². The SMILES string of the molecule is CCCc1ccc(C(N)CS(=O)(=O)N(C)C)cc1. The minimum Gasteiger partial charge on any atom is -0.323 e. The van der Waals surface area contributed by atoms with Crippen LogP contribution >= 0.6 is 0 Å². The summed E-state index contributed by atoms with van der Waals surface area (Å²) in [6.07, 6.45) is 2.13. The van der Waals surface area contributed by atoms with E-state index >= 15 is 0 Å². The Morgan fingerprint density at radius 1 is 1.22 bits per heavy atom. The largest absolute Gasteiger partial charge is 0.323 e. The van der Waals surface area contributed by atoms with E-state index in [4.69, 9.17) is 5.73 Å². The van der Waals surface area contributed by atoms with Crippen molar-refractivity contribution in [3.05, 3.63) is 35.4 Å². The molecule has 0 bridgehead atoms. The van der Waals surface area contributed by atoms with Gasteiger partial charge in [-0.3, -0.25) is 0 Å². The zero-order chi connectivity index (χ0) is 13.8. The lowest BCUT2D eigenvalue weighted by atomic mass is 10.0. The van der Waals surface area contributed by atoms with Gasteiger partial charge in [0.25, 0.3) is 0 Å². The Bertz CT molecular complexity index is 466. The summed E-state index contributed by atoms with van der Waals surface area (Å²) in [5, 5.41) is 0. The number of aryl methyl sites for hydroxylation is 1. The van der Waals surface area contributed by atoms with Crippen molar-refractivity contribution < 1.29 is 8.42 Å². The van der Waals surface area contributed by atoms with Crippen molar-refractivity contribution in [1.82, 2.24) is 4.31 Å². The first-order valence-electron chi connectivity index (χ1n) is 6.11. The Balaban J connectivity index is 2.76. The van der Waals surface area contributed by atoms with Crippen molar-refractivity contribution in [1.29, 1.82) is 0 Å². The second-order valence-corrected chi connectivity index (χ2v) is 6.89. The highest BCUT2D eigenvalue weighted by Gasteiger charge is 2.19. The molecular weight excluding hydrogens is 248 g/mol. The van der Waals surface area contributed by atoms with Gasteiger partial charge in [0.1, 0.15) is 0 Å². The molecule has 1 aromatic rings. The summed E-state index contributed by atoms with van der Waals surface area (Å²) in [4.78, 5) is 0. The third kappa shape index (κ3) is 4.08. The Morgan fingerprint density at radius 3 is 2.22 bits per heavy atom. The Kier molecular flexibility index (Phi) is 5.31. The normalized spacial score (nSPS) is 13.8. The van der Waals surface area contributed by atoms with Gasteiger partial charge in [-0.15, -0.1) is 0 Å². The summed E-state index contributed by atoms with van der Waals surface area (Å²) in [7, 11) is -0.217. The Hall–Kier alpha value is -0.910. The summed E-state index contributed by atoms with van der Waals surface area (Å²) in [6, 6.07) is 7.39. The molecule has 0 aliphatic heterocycles. The molecule has 1 rings (SSSR count). The summed E-state index contributed by atoms with van der Waals surface area (Å²) >= 11 is 0. The molecule has 5 heteroatoms. The molecule has 4 nitrogen and oxygen atoms in total. The summed E-state index contributed by atoms with van der Waals surface area (Å²) in [5.41, 5.74) is 8.05. The molecule has 18 heavy (non-hydrogen) atoms. The van der Waals surface area contributed by atoms with E-state index in [0.717, 1.165) is 18.4 Å². The molecule has 0 amide bonds. The maximum atomic E-state index is 11.7. The average Bonchev–Trinajstić information content (AvgIpc) is 2.29. The minimum absolute atomic E-state index is 0.0624. The molecule has 0 aliphatic carbocycles. The van der Waals surface area contributed by atoms with Crippen LogP contribution < -0.4 is 5.73 Å². The molecule has 0 heterocycles. The highest BCUT2D eigenvalue weighted by atomic mass is 32.2. The van der Waals surface area contributed by atoms with Crippen molar-refractivity contribution in [2.75, 3.05) is 19.8 Å². The molecule has 2 N–H and O–H groups in total. The first kappa shape index (κ1) is 15.1. The van der Waals surface area contributed by atoms with Crippen molar-refractivity contribution in [2.24, 2.45) is 5.73 Å². The van der Waals surface area contributed by atoms with Crippen LogP contribution in [-0.4, -0.2) is 32.6 Å². The van der Waals surface area contributed by atoms with Crippen LogP contribution in [0.5, 0.6) is 0 Å². The smallest absolute Gasteiger partial charge is 0.215 e. The summed E-state index contributed by atoms with van der Waals surface area (Å²) < 4.78 is 24.7. The summed E-state index contributed by atoms with van der Waals surface area (Å²) in [6.45, 7) is 2.13. The fourth-order valence-electron chi connectivity index (χ4n) is 1.69. The number of rotatable bonds is 6. The minimum atomic E-state index is -3.26. The first-order valence-corrected chi connectivity index (χ1v) is 7.72. The lowest BCUT2D eigenvalue weighted by molar-refractivity contribution is 0.515. The van der Waals surface area contributed by atoms with Crippen molar-refractivity contribution in [3.8, 4) is 0 Å². The van der Waals surface area contributed by atoms with Gasteiger partial charge in [0.05, 0.1) is 5.75 Å². The zero-order valence-corrected chi connectivity index (χ0v) is 12.1. The van der Waals surface area contributed by atoms with Gasteiger partial charge in [-0.25, -0.2) is 12.7 Å². The topological polar surface area (TPSA) is 63.4 Å². The van der Waals surface area contributed by atoms with Gasteiger partial charge in [0.2, 0.25) is 10.0 Å². The molecule has 1 atom stereocenters. The number of nitrogens with zero attached hydrogens (tertiary/aromatic N) is 1. The Labute approximate surface area is 110 Å². The van der Waals surface area contributed by atoms with Gasteiger partial charge in [0, 0.05) is 20.1 Å². The van der Waals surface area contributed by atoms with E-state index in [-0.39, 0.29) is 5.75 Å². The third-order valence-electron chi connectivity index (χ3n) is 2.89. The second kappa shape index (κ2) is 6.31. The summed E-state index contributed by atoms with van der Waals surface area (Å²) in [5.74, 6) is -0.0624. The van der Waals surface area contributed by atoms with E-state index in [1.807, 2.05) is 24.3 Å². The van der Waals surface area contributed by atoms with Crippen LogP contribution in [0.4, 0.5) is 0 Å². The molecule has 102 valence electrons. The molecule has 0 aliphatic rings. The van der Waals surface area contributed by atoms with Crippen LogP contribution in [-0.2, 0) is 16.4 Å². The molecule has 0 radical (unpaired) electrons. The average molecular weight is 270 g/mol. The van der Waals surface area contributed by atoms with Gasteiger partial charge >= 0.3 is 0 Å². The van der Waals surface area contributed by atoms with Crippen LogP contribution in [0.3, 0.4) is 0 Å². The van der Waals surface area contributed by atoms with Gasteiger partial charge < -0.3 is 5.73 Å². The predicted molar refractivity (Wildman–Crippen MR) is 74.8 cm³/mol. The van der Waals surface area contributed by atoms with Crippen LogP contribution in [0.1, 0.15) is 30.5 Å². The predicted octanol–water partition coefficient (Wildman–Crippen LogP) is 1.53. The molecule has 1 aromatic carbocycles. The van der Waals surface area contributed by atoms with Gasteiger partial charge in [-0.05, 0) is 17.5 Å².